The third-order valence-corrected chi connectivity index (χ3v) is 8.54. The quantitative estimate of drug-likeness (QED) is 0.583. The Balaban J connectivity index is 1.39. The summed E-state index contributed by atoms with van der Waals surface area (Å²) in [5.74, 6) is -0.177. The third-order valence-electron chi connectivity index (χ3n) is 5.95. The molecule has 2 fully saturated rings. The molecule has 1 amide bonds. The number of amides is 1. The van der Waals surface area contributed by atoms with Gasteiger partial charge in [0.25, 0.3) is 0 Å². The minimum Gasteiger partial charge on any atom is -0.356 e. The maximum atomic E-state index is 12.7. The molecule has 6 nitrogen and oxygen atoms in total. The van der Waals surface area contributed by atoms with Crippen LogP contribution in [-0.2, 0) is 20.6 Å². The Kier molecular flexibility index (Phi) is 8.83. The number of hydrogen-bond acceptors (Lipinski definition) is 4. The third kappa shape index (κ3) is 6.82. The number of carbonyl (C=O) groups is 1. The van der Waals surface area contributed by atoms with Gasteiger partial charge in [-0.25, -0.2) is 12.7 Å². The molecule has 2 aliphatic heterocycles. The second-order valence-electron chi connectivity index (χ2n) is 8.22. The van der Waals surface area contributed by atoms with Gasteiger partial charge in [-0.15, -0.1) is 0 Å². The zero-order chi connectivity index (χ0) is 21.6. The number of rotatable bonds is 8. The van der Waals surface area contributed by atoms with E-state index in [1.165, 1.54) is 36.7 Å². The zero-order valence-electron chi connectivity index (χ0n) is 17.3. The van der Waals surface area contributed by atoms with Crippen LogP contribution in [0.25, 0.3) is 0 Å². The van der Waals surface area contributed by atoms with Gasteiger partial charge in [0.2, 0.25) is 15.9 Å². The van der Waals surface area contributed by atoms with Gasteiger partial charge in [-0.3, -0.25) is 4.79 Å². The normalized spacial score (nSPS) is 19.7. The van der Waals surface area contributed by atoms with Gasteiger partial charge < -0.3 is 10.2 Å². The van der Waals surface area contributed by atoms with Crippen LogP contribution < -0.4 is 5.32 Å². The molecule has 9 heteroatoms. The molecular formula is C21H31Cl2N3O3S. The van der Waals surface area contributed by atoms with Crippen molar-refractivity contribution < 1.29 is 13.2 Å². The molecule has 30 heavy (non-hydrogen) atoms. The maximum absolute atomic E-state index is 12.7. The van der Waals surface area contributed by atoms with Crippen LogP contribution in [0.4, 0.5) is 0 Å². The lowest BCUT2D eigenvalue weighted by molar-refractivity contribution is -0.126. The Morgan fingerprint density at radius 2 is 1.73 bits per heavy atom. The summed E-state index contributed by atoms with van der Waals surface area (Å²) < 4.78 is 26.9. The fraction of sp³-hybridized carbons (Fsp3) is 0.667. The summed E-state index contributed by atoms with van der Waals surface area (Å²) in [6.07, 6.45) is 5.95. The summed E-state index contributed by atoms with van der Waals surface area (Å²) in [5.41, 5.74) is 0.609. The molecule has 1 aromatic rings. The number of piperidine rings is 2. The predicted molar refractivity (Wildman–Crippen MR) is 121 cm³/mol. The summed E-state index contributed by atoms with van der Waals surface area (Å²) >= 11 is 11.9. The first-order chi connectivity index (χ1) is 14.3. The highest BCUT2D eigenvalue weighted by Crippen LogP contribution is 2.26. The van der Waals surface area contributed by atoms with Gasteiger partial charge >= 0.3 is 0 Å². The second kappa shape index (κ2) is 11.1. The monoisotopic (exact) mass is 475 g/mol. The van der Waals surface area contributed by atoms with Crippen LogP contribution >= 0.6 is 23.2 Å². The first-order valence-electron chi connectivity index (χ1n) is 10.8. The number of carbonyl (C=O) groups excluding carboxylic acids is 1. The lowest BCUT2D eigenvalue weighted by Gasteiger charge is -2.30. The molecule has 0 unspecified atom stereocenters. The molecule has 3 rings (SSSR count). The van der Waals surface area contributed by atoms with Gasteiger partial charge in [0.1, 0.15) is 0 Å². The Morgan fingerprint density at radius 1 is 1.03 bits per heavy atom. The van der Waals surface area contributed by atoms with E-state index in [-0.39, 0.29) is 17.6 Å². The SMILES string of the molecule is O=C(NCCCN1CCCCC1)C1CCN(S(=O)(=O)Cc2ccc(Cl)c(Cl)c2)CC1. The van der Waals surface area contributed by atoms with Crippen LogP contribution in [0.2, 0.25) is 10.0 Å². The lowest BCUT2D eigenvalue weighted by atomic mass is 9.97. The number of nitrogens with one attached hydrogen (secondary N) is 1. The highest BCUT2D eigenvalue weighted by Gasteiger charge is 2.31. The van der Waals surface area contributed by atoms with Crippen molar-refractivity contribution in [3.05, 3.63) is 33.8 Å². The van der Waals surface area contributed by atoms with Gasteiger partial charge in [0.05, 0.1) is 15.8 Å². The Labute approximate surface area is 189 Å². The van der Waals surface area contributed by atoms with Crippen LogP contribution in [0.3, 0.4) is 0 Å². The zero-order valence-corrected chi connectivity index (χ0v) is 19.6. The summed E-state index contributed by atoms with van der Waals surface area (Å²) in [6.45, 7) is 4.80. The predicted octanol–water partition coefficient (Wildman–Crippen LogP) is 3.53. The second-order valence-corrected chi connectivity index (χ2v) is 11.0. The summed E-state index contributed by atoms with van der Waals surface area (Å²) in [5, 5.41) is 3.79. The first kappa shape index (κ1) is 23.8. The molecule has 0 atom stereocenters. The minimum atomic E-state index is -3.45. The highest BCUT2D eigenvalue weighted by molar-refractivity contribution is 7.88. The number of hydrogen-bond donors (Lipinski definition) is 1. The van der Waals surface area contributed by atoms with Gasteiger partial charge in [-0.1, -0.05) is 35.7 Å². The topological polar surface area (TPSA) is 69.7 Å². The largest absolute Gasteiger partial charge is 0.356 e. The van der Waals surface area contributed by atoms with E-state index in [1.54, 1.807) is 18.2 Å². The molecule has 2 aliphatic rings. The number of halogens is 2. The number of nitrogens with zero attached hydrogens (tertiary/aromatic N) is 2. The van der Waals surface area contributed by atoms with E-state index < -0.39 is 10.0 Å². The molecule has 0 aromatic heterocycles. The summed E-state index contributed by atoms with van der Waals surface area (Å²) in [4.78, 5) is 14.9. The molecule has 0 radical (unpaired) electrons. The van der Waals surface area contributed by atoms with Crippen LogP contribution in [0.5, 0.6) is 0 Å². The number of sulfonamides is 1. The molecule has 2 heterocycles. The standard InChI is InChI=1S/C21H31Cl2N3O3S/c22-19-6-5-17(15-20(19)23)16-30(28,29)26-13-7-18(8-14-26)21(27)24-9-4-12-25-10-2-1-3-11-25/h5-6,15,18H,1-4,7-14,16H2,(H,24,27). The fourth-order valence-corrected chi connectivity index (χ4v) is 6.04. The van der Waals surface area contributed by atoms with Crippen molar-refractivity contribution in [1.29, 1.82) is 0 Å². The van der Waals surface area contributed by atoms with Gasteiger partial charge in [0.15, 0.2) is 0 Å². The number of benzene rings is 1. The molecular weight excluding hydrogens is 445 g/mol. The maximum Gasteiger partial charge on any atom is 0.223 e. The Hall–Kier alpha value is -0.860. The van der Waals surface area contributed by atoms with Gasteiger partial charge in [-0.2, -0.15) is 0 Å². The smallest absolute Gasteiger partial charge is 0.223 e. The van der Waals surface area contributed by atoms with Crippen LogP contribution in [0.1, 0.15) is 44.1 Å². The summed E-state index contributed by atoms with van der Waals surface area (Å²) in [7, 11) is -3.45. The van der Waals surface area contributed by atoms with Crippen molar-refractivity contribution in [2.75, 3.05) is 39.3 Å². The van der Waals surface area contributed by atoms with E-state index in [0.29, 0.717) is 48.1 Å². The van der Waals surface area contributed by atoms with Crippen molar-refractivity contribution in [2.45, 2.75) is 44.3 Å². The number of likely N-dealkylation sites (tertiary alicyclic amines) is 1. The average molecular weight is 476 g/mol. The van der Waals surface area contributed by atoms with E-state index >= 15 is 0 Å². The lowest BCUT2D eigenvalue weighted by Crippen LogP contribution is -2.43. The molecule has 0 bridgehead atoms. The van der Waals surface area contributed by atoms with Gasteiger partial charge in [-0.05, 0) is 69.4 Å². The van der Waals surface area contributed by atoms with E-state index in [2.05, 4.69) is 10.2 Å². The summed E-state index contributed by atoms with van der Waals surface area (Å²) in [6, 6.07) is 4.87. The molecule has 0 spiro atoms. The highest BCUT2D eigenvalue weighted by atomic mass is 35.5. The van der Waals surface area contributed by atoms with Crippen molar-refractivity contribution in [2.24, 2.45) is 5.92 Å². The van der Waals surface area contributed by atoms with E-state index in [9.17, 15) is 13.2 Å². The van der Waals surface area contributed by atoms with Crippen molar-refractivity contribution >= 4 is 39.1 Å². The van der Waals surface area contributed by atoms with E-state index in [4.69, 9.17) is 23.2 Å². The molecule has 168 valence electrons. The average Bonchev–Trinajstić information content (AvgIpc) is 2.74. The Bertz CT molecular complexity index is 821. The molecule has 1 N–H and O–H groups in total. The molecule has 0 saturated carbocycles. The fourth-order valence-electron chi connectivity index (χ4n) is 4.17. The van der Waals surface area contributed by atoms with Crippen molar-refractivity contribution in [3.63, 3.8) is 0 Å². The molecule has 2 saturated heterocycles. The molecule has 1 aromatic carbocycles. The van der Waals surface area contributed by atoms with E-state index in [0.717, 1.165) is 13.0 Å². The van der Waals surface area contributed by atoms with Crippen LogP contribution in [0, 0.1) is 5.92 Å². The minimum absolute atomic E-state index is 0.0511. The first-order valence-corrected chi connectivity index (χ1v) is 13.1. The van der Waals surface area contributed by atoms with Crippen LogP contribution in [-0.4, -0.2) is 62.8 Å². The van der Waals surface area contributed by atoms with Gasteiger partial charge in [0, 0.05) is 25.6 Å². The molecule has 0 aliphatic carbocycles. The Morgan fingerprint density at radius 3 is 2.40 bits per heavy atom. The van der Waals surface area contributed by atoms with Crippen molar-refractivity contribution in [1.82, 2.24) is 14.5 Å². The van der Waals surface area contributed by atoms with Crippen molar-refractivity contribution in [3.8, 4) is 0 Å². The van der Waals surface area contributed by atoms with E-state index in [1.807, 2.05) is 0 Å². The van der Waals surface area contributed by atoms with Crippen LogP contribution in [0.15, 0.2) is 18.2 Å².